The van der Waals surface area contributed by atoms with E-state index in [1.807, 2.05) is 54.6 Å². The Bertz CT molecular complexity index is 934. The number of hydrogen-bond donors (Lipinski definition) is 1. The van der Waals surface area contributed by atoms with E-state index >= 15 is 0 Å². The Hall–Kier alpha value is -3.27. The third kappa shape index (κ3) is 3.65. The number of β-lactam (4-membered cyclic amide) rings is 1. The van der Waals surface area contributed by atoms with Gasteiger partial charge in [-0.3, -0.25) is 4.79 Å². The van der Waals surface area contributed by atoms with Crippen LogP contribution in [0.3, 0.4) is 0 Å². The van der Waals surface area contributed by atoms with E-state index in [-0.39, 0.29) is 11.8 Å². The van der Waals surface area contributed by atoms with Crippen molar-refractivity contribution in [1.82, 2.24) is 5.32 Å². The molecule has 1 amide bonds. The zero-order chi connectivity index (χ0) is 21.0. The molecule has 0 aromatic heterocycles. The molecule has 4 heteroatoms. The standard InChI is InChI=1S/C26H27NO3/c1-29-22-15-11-20(12-16-22)26(21-13-17-23(30-2)18-14-21)24(25(28)27-26)10-6-9-19-7-4-3-5-8-19/h3-5,7-8,11-18,24H,6,9-10H2,1-2H3,(H,27,28). The van der Waals surface area contributed by atoms with Crippen LogP contribution in [0.4, 0.5) is 0 Å². The molecule has 4 rings (SSSR count). The van der Waals surface area contributed by atoms with Crippen LogP contribution in [0.1, 0.15) is 29.5 Å². The van der Waals surface area contributed by atoms with Gasteiger partial charge in [0.2, 0.25) is 5.91 Å². The summed E-state index contributed by atoms with van der Waals surface area (Å²) in [5.74, 6) is 1.59. The highest BCUT2D eigenvalue weighted by Gasteiger charge is 2.54. The number of benzene rings is 3. The number of aryl methyl sites for hydroxylation is 1. The molecule has 0 saturated carbocycles. The maximum atomic E-state index is 12.7. The van der Waals surface area contributed by atoms with E-state index in [0.717, 1.165) is 41.9 Å². The summed E-state index contributed by atoms with van der Waals surface area (Å²) in [6.45, 7) is 0. The lowest BCUT2D eigenvalue weighted by Gasteiger charge is -2.50. The van der Waals surface area contributed by atoms with E-state index in [1.165, 1.54) is 5.56 Å². The van der Waals surface area contributed by atoms with Crippen molar-refractivity contribution in [2.24, 2.45) is 5.92 Å². The Morgan fingerprint density at radius 3 is 1.80 bits per heavy atom. The Morgan fingerprint density at radius 2 is 1.33 bits per heavy atom. The second-order valence-electron chi connectivity index (χ2n) is 7.68. The van der Waals surface area contributed by atoms with E-state index in [4.69, 9.17) is 9.47 Å². The molecule has 154 valence electrons. The molecule has 1 unspecified atom stereocenters. The molecule has 0 spiro atoms. The van der Waals surface area contributed by atoms with Gasteiger partial charge in [-0.1, -0.05) is 54.6 Å². The van der Waals surface area contributed by atoms with Crippen LogP contribution in [-0.2, 0) is 16.8 Å². The van der Waals surface area contributed by atoms with Crippen LogP contribution in [0.25, 0.3) is 0 Å². The molecule has 3 aromatic carbocycles. The van der Waals surface area contributed by atoms with Crippen molar-refractivity contribution < 1.29 is 14.3 Å². The molecule has 1 atom stereocenters. The fraction of sp³-hybridized carbons (Fsp3) is 0.269. The SMILES string of the molecule is COc1ccc(C2(c3ccc(OC)cc3)NC(=O)C2CCCc2ccccc2)cc1. The quantitative estimate of drug-likeness (QED) is 0.556. The molecule has 1 N–H and O–H groups in total. The lowest BCUT2D eigenvalue weighted by molar-refractivity contribution is -0.140. The molecule has 1 aliphatic rings. The van der Waals surface area contributed by atoms with E-state index in [9.17, 15) is 4.79 Å². The summed E-state index contributed by atoms with van der Waals surface area (Å²) in [6.07, 6.45) is 2.74. The highest BCUT2D eigenvalue weighted by Crippen LogP contribution is 2.46. The predicted octanol–water partition coefficient (Wildman–Crippen LogP) is 4.72. The van der Waals surface area contributed by atoms with Crippen LogP contribution in [0.15, 0.2) is 78.9 Å². The van der Waals surface area contributed by atoms with Crippen molar-refractivity contribution in [3.05, 3.63) is 95.6 Å². The van der Waals surface area contributed by atoms with Gasteiger partial charge in [0.1, 0.15) is 17.0 Å². The maximum Gasteiger partial charge on any atom is 0.227 e. The van der Waals surface area contributed by atoms with Gasteiger partial charge in [0.05, 0.1) is 20.1 Å². The molecule has 0 bridgehead atoms. The van der Waals surface area contributed by atoms with Gasteiger partial charge in [-0.2, -0.15) is 0 Å². The second kappa shape index (κ2) is 8.62. The summed E-state index contributed by atoms with van der Waals surface area (Å²) < 4.78 is 10.7. The number of carbonyl (C=O) groups excluding carboxylic acids is 1. The van der Waals surface area contributed by atoms with Gasteiger partial charge in [-0.05, 0) is 60.2 Å². The lowest BCUT2D eigenvalue weighted by atomic mass is 9.65. The van der Waals surface area contributed by atoms with Crippen LogP contribution >= 0.6 is 0 Å². The fourth-order valence-corrected chi connectivity index (χ4v) is 4.41. The normalized spacial score (nSPS) is 17.0. The molecular formula is C26H27NO3. The first-order valence-electron chi connectivity index (χ1n) is 10.3. The first kappa shape index (κ1) is 20.0. The number of amides is 1. The van der Waals surface area contributed by atoms with Gasteiger partial charge in [0.25, 0.3) is 0 Å². The summed E-state index contributed by atoms with van der Waals surface area (Å²) in [7, 11) is 3.32. The van der Waals surface area contributed by atoms with Crippen LogP contribution in [0, 0.1) is 5.92 Å². The highest BCUT2D eigenvalue weighted by atomic mass is 16.5. The molecule has 30 heavy (non-hydrogen) atoms. The molecule has 4 nitrogen and oxygen atoms in total. The summed E-state index contributed by atoms with van der Waals surface area (Å²) in [6, 6.07) is 26.4. The first-order chi connectivity index (χ1) is 14.7. The van der Waals surface area contributed by atoms with Crippen LogP contribution in [0.2, 0.25) is 0 Å². The molecule has 1 aliphatic heterocycles. The topological polar surface area (TPSA) is 47.6 Å². The van der Waals surface area contributed by atoms with Crippen LogP contribution in [0.5, 0.6) is 11.5 Å². The second-order valence-corrected chi connectivity index (χ2v) is 7.68. The Morgan fingerprint density at radius 1 is 0.800 bits per heavy atom. The van der Waals surface area contributed by atoms with Crippen molar-refractivity contribution in [3.8, 4) is 11.5 Å². The Labute approximate surface area is 177 Å². The van der Waals surface area contributed by atoms with Crippen molar-refractivity contribution in [2.75, 3.05) is 14.2 Å². The zero-order valence-corrected chi connectivity index (χ0v) is 17.4. The van der Waals surface area contributed by atoms with Crippen molar-refractivity contribution in [2.45, 2.75) is 24.8 Å². The molecule has 1 heterocycles. The van der Waals surface area contributed by atoms with Gasteiger partial charge in [-0.15, -0.1) is 0 Å². The van der Waals surface area contributed by atoms with E-state index in [0.29, 0.717) is 0 Å². The molecule has 0 radical (unpaired) electrons. The monoisotopic (exact) mass is 401 g/mol. The summed E-state index contributed by atoms with van der Waals surface area (Å²) >= 11 is 0. The van der Waals surface area contributed by atoms with E-state index in [2.05, 4.69) is 29.6 Å². The van der Waals surface area contributed by atoms with Gasteiger partial charge in [0.15, 0.2) is 0 Å². The minimum atomic E-state index is -0.535. The smallest absolute Gasteiger partial charge is 0.227 e. The summed E-state index contributed by atoms with van der Waals surface area (Å²) in [5.41, 5.74) is 2.90. The largest absolute Gasteiger partial charge is 0.497 e. The lowest BCUT2D eigenvalue weighted by Crippen LogP contribution is -2.67. The number of nitrogens with one attached hydrogen (secondary N) is 1. The van der Waals surface area contributed by atoms with Crippen molar-refractivity contribution >= 4 is 5.91 Å². The number of hydrogen-bond acceptors (Lipinski definition) is 3. The molecule has 1 fully saturated rings. The minimum Gasteiger partial charge on any atom is -0.497 e. The van der Waals surface area contributed by atoms with E-state index < -0.39 is 5.54 Å². The first-order valence-corrected chi connectivity index (χ1v) is 10.3. The minimum absolute atomic E-state index is 0.106. The zero-order valence-electron chi connectivity index (χ0n) is 17.4. The average molecular weight is 402 g/mol. The average Bonchev–Trinajstić information content (AvgIpc) is 2.81. The summed E-state index contributed by atoms with van der Waals surface area (Å²) in [4.78, 5) is 12.7. The van der Waals surface area contributed by atoms with Crippen LogP contribution in [-0.4, -0.2) is 20.1 Å². The summed E-state index contributed by atoms with van der Waals surface area (Å²) in [5, 5.41) is 3.24. The molecule has 1 saturated heterocycles. The molecule has 0 aliphatic carbocycles. The van der Waals surface area contributed by atoms with E-state index in [1.54, 1.807) is 14.2 Å². The van der Waals surface area contributed by atoms with Crippen LogP contribution < -0.4 is 14.8 Å². The van der Waals surface area contributed by atoms with Gasteiger partial charge < -0.3 is 14.8 Å². The molecule has 3 aromatic rings. The predicted molar refractivity (Wildman–Crippen MR) is 118 cm³/mol. The van der Waals surface area contributed by atoms with Gasteiger partial charge >= 0.3 is 0 Å². The highest BCUT2D eigenvalue weighted by molar-refractivity contribution is 5.90. The maximum absolute atomic E-state index is 12.7. The molecular weight excluding hydrogens is 374 g/mol. The van der Waals surface area contributed by atoms with Crippen molar-refractivity contribution in [1.29, 1.82) is 0 Å². The van der Waals surface area contributed by atoms with Gasteiger partial charge in [-0.25, -0.2) is 0 Å². The fourth-order valence-electron chi connectivity index (χ4n) is 4.41. The Kier molecular flexibility index (Phi) is 5.75. The Balaban J connectivity index is 1.64. The number of ether oxygens (including phenoxy) is 2. The number of methoxy groups -OCH3 is 2. The van der Waals surface area contributed by atoms with Gasteiger partial charge in [0, 0.05) is 0 Å². The number of rotatable bonds is 8. The number of carbonyl (C=O) groups is 1. The third-order valence-corrected chi connectivity index (χ3v) is 6.05. The third-order valence-electron chi connectivity index (χ3n) is 6.05. The van der Waals surface area contributed by atoms with Crippen molar-refractivity contribution in [3.63, 3.8) is 0 Å².